The first-order chi connectivity index (χ1) is 11.9. The van der Waals surface area contributed by atoms with Crippen molar-refractivity contribution in [3.05, 3.63) is 35.4 Å². The molecular weight excluding hydrogens is 338 g/mol. The van der Waals surface area contributed by atoms with Gasteiger partial charge in [0, 0.05) is 12.8 Å². The molecule has 1 unspecified atom stereocenters. The van der Waals surface area contributed by atoms with E-state index in [-0.39, 0.29) is 18.4 Å². The predicted molar refractivity (Wildman–Crippen MR) is 104 cm³/mol. The third-order valence-electron chi connectivity index (χ3n) is 3.69. The van der Waals surface area contributed by atoms with Crippen LogP contribution in [-0.4, -0.2) is 52.7 Å². The van der Waals surface area contributed by atoms with Gasteiger partial charge in [0.2, 0.25) is 0 Å². The summed E-state index contributed by atoms with van der Waals surface area (Å²) in [6.07, 6.45) is 2.24. The van der Waals surface area contributed by atoms with Crippen LogP contribution in [0.4, 0.5) is 0 Å². The summed E-state index contributed by atoms with van der Waals surface area (Å²) in [5.41, 5.74) is 2.52. The van der Waals surface area contributed by atoms with Crippen LogP contribution in [0.25, 0.3) is 0 Å². The molecule has 0 heterocycles. The van der Waals surface area contributed by atoms with E-state index < -0.39 is 9.84 Å². The molecule has 0 saturated carbocycles. The van der Waals surface area contributed by atoms with Gasteiger partial charge in [-0.15, -0.1) is 0 Å². The summed E-state index contributed by atoms with van der Waals surface area (Å²) in [6, 6.07) is 8.69. The van der Waals surface area contributed by atoms with Gasteiger partial charge >= 0.3 is 0 Å². The number of hydrogen-bond donors (Lipinski definition) is 2. The zero-order valence-electron chi connectivity index (χ0n) is 15.7. The SMILES string of the molecule is CCNC(=NCCOCCS(C)(=O)=O)NC(C)c1ccc(CC)cc1. The fourth-order valence-corrected chi connectivity index (χ4v) is 2.61. The number of aliphatic imine (C=N–C) groups is 1. The second kappa shape index (κ2) is 11.1. The molecule has 0 amide bonds. The van der Waals surface area contributed by atoms with E-state index in [0.717, 1.165) is 18.9 Å². The van der Waals surface area contributed by atoms with Gasteiger partial charge in [-0.2, -0.15) is 0 Å². The normalized spacial score (nSPS) is 13.5. The van der Waals surface area contributed by atoms with E-state index in [9.17, 15) is 8.42 Å². The van der Waals surface area contributed by atoms with Gasteiger partial charge in [0.05, 0.1) is 31.6 Å². The first kappa shape index (κ1) is 21.4. The monoisotopic (exact) mass is 369 g/mol. The maximum atomic E-state index is 11.0. The molecular formula is C18H31N3O3S. The summed E-state index contributed by atoms with van der Waals surface area (Å²) in [7, 11) is -2.97. The molecule has 0 aliphatic heterocycles. The highest BCUT2D eigenvalue weighted by Gasteiger charge is 2.07. The largest absolute Gasteiger partial charge is 0.378 e. The molecule has 0 bridgehead atoms. The summed E-state index contributed by atoms with van der Waals surface area (Å²) < 4.78 is 27.4. The topological polar surface area (TPSA) is 79.8 Å². The number of rotatable bonds is 10. The molecule has 1 atom stereocenters. The van der Waals surface area contributed by atoms with Crippen molar-refractivity contribution in [2.45, 2.75) is 33.2 Å². The fraction of sp³-hybridized carbons (Fsp3) is 0.611. The Labute approximate surface area is 152 Å². The molecule has 0 radical (unpaired) electrons. The van der Waals surface area contributed by atoms with E-state index in [2.05, 4.69) is 53.7 Å². The first-order valence-corrected chi connectivity index (χ1v) is 10.8. The molecule has 1 aromatic carbocycles. The Balaban J connectivity index is 2.48. The van der Waals surface area contributed by atoms with Crippen molar-refractivity contribution in [2.24, 2.45) is 4.99 Å². The standard InChI is InChI=1S/C18H31N3O3S/c1-5-16-7-9-17(10-8-16)15(3)21-18(19-6-2)20-11-12-24-13-14-25(4,22)23/h7-10,15H,5-6,11-14H2,1-4H3,(H2,19,20,21). The number of ether oxygens (including phenoxy) is 1. The fourth-order valence-electron chi connectivity index (χ4n) is 2.18. The molecule has 0 fully saturated rings. The van der Waals surface area contributed by atoms with Crippen LogP contribution in [0.5, 0.6) is 0 Å². The van der Waals surface area contributed by atoms with Gasteiger partial charge in [-0.1, -0.05) is 31.2 Å². The average Bonchev–Trinajstić information content (AvgIpc) is 2.57. The minimum absolute atomic E-state index is 0.0415. The third kappa shape index (κ3) is 9.45. The van der Waals surface area contributed by atoms with Crippen molar-refractivity contribution < 1.29 is 13.2 Å². The highest BCUT2D eigenvalue weighted by atomic mass is 32.2. The van der Waals surface area contributed by atoms with E-state index in [1.54, 1.807) is 0 Å². The van der Waals surface area contributed by atoms with E-state index >= 15 is 0 Å². The Kier molecular flexibility index (Phi) is 9.52. The molecule has 0 aliphatic carbocycles. The van der Waals surface area contributed by atoms with Crippen molar-refractivity contribution in [1.29, 1.82) is 0 Å². The second-order valence-corrected chi connectivity index (χ2v) is 8.22. The lowest BCUT2D eigenvalue weighted by atomic mass is 10.1. The van der Waals surface area contributed by atoms with Crippen molar-refractivity contribution in [3.8, 4) is 0 Å². The first-order valence-electron chi connectivity index (χ1n) is 8.74. The Hall–Kier alpha value is -1.60. The Bertz CT molecular complexity index is 627. The zero-order valence-corrected chi connectivity index (χ0v) is 16.5. The van der Waals surface area contributed by atoms with Gasteiger partial charge < -0.3 is 15.4 Å². The van der Waals surface area contributed by atoms with Crippen LogP contribution >= 0.6 is 0 Å². The van der Waals surface area contributed by atoms with Gasteiger partial charge in [-0.25, -0.2) is 8.42 Å². The zero-order chi connectivity index (χ0) is 18.7. The van der Waals surface area contributed by atoms with E-state index in [1.807, 2.05) is 6.92 Å². The van der Waals surface area contributed by atoms with Crippen LogP contribution in [-0.2, 0) is 21.0 Å². The van der Waals surface area contributed by atoms with Crippen molar-refractivity contribution >= 4 is 15.8 Å². The van der Waals surface area contributed by atoms with E-state index in [1.165, 1.54) is 17.4 Å². The second-order valence-electron chi connectivity index (χ2n) is 5.96. The molecule has 1 rings (SSSR count). The van der Waals surface area contributed by atoms with E-state index in [4.69, 9.17) is 4.74 Å². The Morgan fingerprint density at radius 3 is 2.44 bits per heavy atom. The molecule has 0 aromatic heterocycles. The summed E-state index contributed by atoms with van der Waals surface area (Å²) in [6.45, 7) is 8.09. The molecule has 0 saturated heterocycles. The van der Waals surface area contributed by atoms with Gasteiger partial charge in [0.15, 0.2) is 5.96 Å². The molecule has 142 valence electrons. The summed E-state index contributed by atoms with van der Waals surface area (Å²) in [5, 5.41) is 6.58. The number of nitrogens with zero attached hydrogens (tertiary/aromatic N) is 1. The number of aryl methyl sites for hydroxylation is 1. The summed E-state index contributed by atoms with van der Waals surface area (Å²) in [5.74, 6) is 0.765. The number of nitrogens with one attached hydrogen (secondary N) is 2. The van der Waals surface area contributed by atoms with Crippen LogP contribution in [0.3, 0.4) is 0 Å². The van der Waals surface area contributed by atoms with Gasteiger partial charge in [-0.3, -0.25) is 4.99 Å². The lowest BCUT2D eigenvalue weighted by Crippen LogP contribution is -2.39. The summed E-state index contributed by atoms with van der Waals surface area (Å²) in [4.78, 5) is 4.47. The molecule has 0 spiro atoms. The third-order valence-corrected chi connectivity index (χ3v) is 4.60. The van der Waals surface area contributed by atoms with E-state index in [0.29, 0.717) is 13.2 Å². The molecule has 7 heteroatoms. The molecule has 25 heavy (non-hydrogen) atoms. The number of hydrogen-bond acceptors (Lipinski definition) is 4. The maximum absolute atomic E-state index is 11.0. The average molecular weight is 370 g/mol. The highest BCUT2D eigenvalue weighted by molar-refractivity contribution is 7.90. The predicted octanol–water partition coefficient (Wildman–Crippen LogP) is 1.93. The lowest BCUT2D eigenvalue weighted by Gasteiger charge is -2.18. The molecule has 1 aromatic rings. The van der Waals surface area contributed by atoms with Crippen molar-refractivity contribution in [1.82, 2.24) is 10.6 Å². The molecule has 6 nitrogen and oxygen atoms in total. The van der Waals surface area contributed by atoms with Crippen LogP contribution in [0.2, 0.25) is 0 Å². The van der Waals surface area contributed by atoms with Gasteiger partial charge in [-0.05, 0) is 31.4 Å². The smallest absolute Gasteiger partial charge is 0.191 e. The van der Waals surface area contributed by atoms with Crippen LogP contribution < -0.4 is 10.6 Å². The van der Waals surface area contributed by atoms with Gasteiger partial charge in [0.1, 0.15) is 9.84 Å². The molecule has 0 aliphatic rings. The number of sulfone groups is 1. The van der Waals surface area contributed by atoms with Crippen molar-refractivity contribution in [3.63, 3.8) is 0 Å². The lowest BCUT2D eigenvalue weighted by molar-refractivity contribution is 0.157. The van der Waals surface area contributed by atoms with Gasteiger partial charge in [0.25, 0.3) is 0 Å². The Morgan fingerprint density at radius 1 is 1.20 bits per heavy atom. The van der Waals surface area contributed by atoms with Crippen molar-refractivity contribution in [2.75, 3.05) is 38.3 Å². The minimum atomic E-state index is -2.97. The van der Waals surface area contributed by atoms with Crippen LogP contribution in [0, 0.1) is 0 Å². The number of benzene rings is 1. The Morgan fingerprint density at radius 2 is 1.88 bits per heavy atom. The minimum Gasteiger partial charge on any atom is -0.378 e. The quantitative estimate of drug-likeness (QED) is 0.374. The van der Waals surface area contributed by atoms with Crippen LogP contribution in [0.1, 0.15) is 37.9 Å². The maximum Gasteiger partial charge on any atom is 0.191 e. The van der Waals surface area contributed by atoms with Crippen LogP contribution in [0.15, 0.2) is 29.3 Å². The molecule has 2 N–H and O–H groups in total. The highest BCUT2D eigenvalue weighted by Crippen LogP contribution is 2.13. The number of guanidine groups is 1. The summed E-state index contributed by atoms with van der Waals surface area (Å²) >= 11 is 0.